The highest BCUT2D eigenvalue weighted by Gasteiger charge is 2.07. The lowest BCUT2D eigenvalue weighted by Gasteiger charge is -2.06. The Balaban J connectivity index is 1.80. The number of aromatic nitrogens is 1. The van der Waals surface area contributed by atoms with Gasteiger partial charge in [-0.15, -0.1) is 0 Å². The first-order valence-electron chi connectivity index (χ1n) is 6.72. The first kappa shape index (κ1) is 16.1. The van der Waals surface area contributed by atoms with Crippen molar-refractivity contribution in [3.05, 3.63) is 59.9 Å². The number of carbonyl (C=O) groups excluding carboxylic acids is 1. The van der Waals surface area contributed by atoms with Crippen LogP contribution < -0.4 is 10.5 Å². The lowest BCUT2D eigenvalue weighted by atomic mass is 10.1. The van der Waals surface area contributed by atoms with E-state index in [-0.39, 0.29) is 17.2 Å². The summed E-state index contributed by atoms with van der Waals surface area (Å²) in [7, 11) is -3.66. The van der Waals surface area contributed by atoms with Gasteiger partial charge in [-0.05, 0) is 35.7 Å². The molecule has 22 heavy (non-hydrogen) atoms. The standard InChI is InChI=1S/C15H17N3O3S/c16-22(20,21)14-5-3-12(4-6-14)7-9-18-15(19)10-13-2-1-8-17-11-13/h1-6,8,11H,7,9-10H2,(H,18,19)(H2,16,20,21). The van der Waals surface area contributed by atoms with Crippen LogP contribution in [0.2, 0.25) is 0 Å². The molecule has 0 radical (unpaired) electrons. The second-order valence-corrected chi connectivity index (χ2v) is 6.39. The van der Waals surface area contributed by atoms with Crippen LogP contribution in [-0.4, -0.2) is 25.9 Å². The number of hydrogen-bond acceptors (Lipinski definition) is 4. The van der Waals surface area contributed by atoms with E-state index in [4.69, 9.17) is 5.14 Å². The maximum atomic E-state index is 11.8. The highest BCUT2D eigenvalue weighted by atomic mass is 32.2. The van der Waals surface area contributed by atoms with Crippen LogP contribution in [0.25, 0.3) is 0 Å². The molecule has 0 aliphatic rings. The Morgan fingerprint density at radius 1 is 1.14 bits per heavy atom. The zero-order chi connectivity index (χ0) is 16.0. The third kappa shape index (κ3) is 4.94. The summed E-state index contributed by atoms with van der Waals surface area (Å²) in [6, 6.07) is 9.93. The number of hydrogen-bond donors (Lipinski definition) is 2. The molecule has 116 valence electrons. The van der Waals surface area contributed by atoms with Gasteiger partial charge in [-0.2, -0.15) is 0 Å². The van der Waals surface area contributed by atoms with Crippen LogP contribution in [0.15, 0.2) is 53.7 Å². The topological polar surface area (TPSA) is 102 Å². The Morgan fingerprint density at radius 2 is 1.86 bits per heavy atom. The average Bonchev–Trinajstić information content (AvgIpc) is 2.48. The van der Waals surface area contributed by atoms with E-state index >= 15 is 0 Å². The maximum Gasteiger partial charge on any atom is 0.238 e. The van der Waals surface area contributed by atoms with E-state index < -0.39 is 10.0 Å². The molecule has 0 atom stereocenters. The fourth-order valence-electron chi connectivity index (χ4n) is 1.94. The number of amides is 1. The van der Waals surface area contributed by atoms with Crippen LogP contribution in [0.5, 0.6) is 0 Å². The Bertz CT molecular complexity index is 728. The van der Waals surface area contributed by atoms with Gasteiger partial charge in [-0.25, -0.2) is 13.6 Å². The van der Waals surface area contributed by atoms with Crippen LogP contribution in [0.4, 0.5) is 0 Å². The van der Waals surface area contributed by atoms with Gasteiger partial charge in [0, 0.05) is 18.9 Å². The van der Waals surface area contributed by atoms with E-state index in [1.807, 2.05) is 6.07 Å². The molecule has 0 saturated carbocycles. The molecule has 2 aromatic rings. The van der Waals surface area contributed by atoms with Crippen molar-refractivity contribution in [3.63, 3.8) is 0 Å². The number of nitrogens with two attached hydrogens (primary N) is 1. The van der Waals surface area contributed by atoms with Crippen LogP contribution in [0.3, 0.4) is 0 Å². The summed E-state index contributed by atoms with van der Waals surface area (Å²) in [6.45, 7) is 0.480. The van der Waals surface area contributed by atoms with Gasteiger partial charge in [0.2, 0.25) is 15.9 Å². The van der Waals surface area contributed by atoms with Crippen molar-refractivity contribution in [2.24, 2.45) is 5.14 Å². The molecule has 3 N–H and O–H groups in total. The highest BCUT2D eigenvalue weighted by molar-refractivity contribution is 7.89. The fraction of sp³-hybridized carbons (Fsp3) is 0.200. The third-order valence-corrected chi connectivity index (χ3v) is 4.00. The van der Waals surface area contributed by atoms with Crippen LogP contribution in [0.1, 0.15) is 11.1 Å². The van der Waals surface area contributed by atoms with Crippen molar-refractivity contribution < 1.29 is 13.2 Å². The Morgan fingerprint density at radius 3 is 2.45 bits per heavy atom. The second kappa shape index (κ2) is 7.15. The summed E-state index contributed by atoms with van der Waals surface area (Å²) >= 11 is 0. The molecule has 0 unspecified atom stereocenters. The zero-order valence-electron chi connectivity index (χ0n) is 11.9. The lowest BCUT2D eigenvalue weighted by molar-refractivity contribution is -0.120. The molecule has 6 nitrogen and oxygen atoms in total. The minimum Gasteiger partial charge on any atom is -0.355 e. The molecule has 7 heteroatoms. The number of carbonyl (C=O) groups is 1. The van der Waals surface area contributed by atoms with Gasteiger partial charge in [-0.1, -0.05) is 18.2 Å². The van der Waals surface area contributed by atoms with Crippen molar-refractivity contribution in [1.82, 2.24) is 10.3 Å². The van der Waals surface area contributed by atoms with E-state index in [0.29, 0.717) is 13.0 Å². The highest BCUT2D eigenvalue weighted by Crippen LogP contribution is 2.08. The second-order valence-electron chi connectivity index (χ2n) is 4.83. The van der Waals surface area contributed by atoms with Crippen LogP contribution in [0, 0.1) is 0 Å². The number of rotatable bonds is 6. The minimum atomic E-state index is -3.66. The Kier molecular flexibility index (Phi) is 5.24. The van der Waals surface area contributed by atoms with E-state index in [9.17, 15) is 13.2 Å². The van der Waals surface area contributed by atoms with Gasteiger partial charge in [0.1, 0.15) is 0 Å². The monoisotopic (exact) mass is 319 g/mol. The molecule has 1 aromatic heterocycles. The summed E-state index contributed by atoms with van der Waals surface area (Å²) in [5.74, 6) is -0.0749. The zero-order valence-corrected chi connectivity index (χ0v) is 12.7. The van der Waals surface area contributed by atoms with E-state index in [1.54, 1.807) is 30.6 Å². The molecule has 0 fully saturated rings. The summed E-state index contributed by atoms with van der Waals surface area (Å²) in [6.07, 6.45) is 4.22. The largest absolute Gasteiger partial charge is 0.355 e. The summed E-state index contributed by atoms with van der Waals surface area (Å²) < 4.78 is 22.3. The molecule has 2 rings (SSSR count). The molecular weight excluding hydrogens is 302 g/mol. The molecule has 0 bridgehead atoms. The van der Waals surface area contributed by atoms with Crippen molar-refractivity contribution in [2.45, 2.75) is 17.7 Å². The molecule has 0 aliphatic heterocycles. The summed E-state index contributed by atoms with van der Waals surface area (Å²) in [5.41, 5.74) is 1.78. The number of nitrogens with zero attached hydrogens (tertiary/aromatic N) is 1. The number of primary sulfonamides is 1. The Labute approximate surface area is 129 Å². The number of benzene rings is 1. The quantitative estimate of drug-likeness (QED) is 0.815. The fourth-order valence-corrected chi connectivity index (χ4v) is 2.46. The van der Waals surface area contributed by atoms with Gasteiger partial charge in [0.05, 0.1) is 11.3 Å². The molecule has 1 aromatic carbocycles. The van der Waals surface area contributed by atoms with E-state index in [2.05, 4.69) is 10.3 Å². The predicted molar refractivity (Wildman–Crippen MR) is 82.5 cm³/mol. The first-order chi connectivity index (χ1) is 10.4. The number of sulfonamides is 1. The van der Waals surface area contributed by atoms with Gasteiger partial charge in [0.25, 0.3) is 0 Å². The van der Waals surface area contributed by atoms with E-state index in [1.165, 1.54) is 12.1 Å². The normalized spacial score (nSPS) is 11.1. The van der Waals surface area contributed by atoms with Gasteiger partial charge in [0.15, 0.2) is 0 Å². The van der Waals surface area contributed by atoms with Gasteiger partial charge < -0.3 is 5.32 Å². The number of nitrogens with one attached hydrogen (secondary N) is 1. The third-order valence-electron chi connectivity index (χ3n) is 3.08. The van der Waals surface area contributed by atoms with E-state index in [0.717, 1.165) is 11.1 Å². The average molecular weight is 319 g/mol. The summed E-state index contributed by atoms with van der Waals surface area (Å²) in [4.78, 5) is 15.8. The smallest absolute Gasteiger partial charge is 0.238 e. The molecule has 0 spiro atoms. The molecular formula is C15H17N3O3S. The van der Waals surface area contributed by atoms with Crippen LogP contribution in [-0.2, 0) is 27.7 Å². The van der Waals surface area contributed by atoms with Crippen molar-refractivity contribution in [1.29, 1.82) is 0 Å². The van der Waals surface area contributed by atoms with Gasteiger partial charge in [-0.3, -0.25) is 9.78 Å². The predicted octanol–water partition coefficient (Wildman–Crippen LogP) is 0.630. The first-order valence-corrected chi connectivity index (χ1v) is 8.27. The molecule has 1 heterocycles. The lowest BCUT2D eigenvalue weighted by Crippen LogP contribution is -2.27. The molecule has 0 saturated heterocycles. The van der Waals surface area contributed by atoms with Crippen molar-refractivity contribution >= 4 is 15.9 Å². The SMILES string of the molecule is NS(=O)(=O)c1ccc(CCNC(=O)Cc2cccnc2)cc1. The Hall–Kier alpha value is -2.25. The van der Waals surface area contributed by atoms with Gasteiger partial charge >= 0.3 is 0 Å². The van der Waals surface area contributed by atoms with Crippen molar-refractivity contribution in [2.75, 3.05) is 6.54 Å². The van der Waals surface area contributed by atoms with Crippen molar-refractivity contribution in [3.8, 4) is 0 Å². The number of pyridine rings is 1. The summed E-state index contributed by atoms with van der Waals surface area (Å²) in [5, 5.41) is 7.84. The van der Waals surface area contributed by atoms with Crippen LogP contribution >= 0.6 is 0 Å². The maximum absolute atomic E-state index is 11.8. The minimum absolute atomic E-state index is 0.0749. The molecule has 1 amide bonds. The molecule has 0 aliphatic carbocycles.